The molecule has 0 heterocycles. The van der Waals surface area contributed by atoms with Crippen molar-refractivity contribution in [3.8, 4) is 0 Å². The zero-order valence-electron chi connectivity index (χ0n) is 12.4. The van der Waals surface area contributed by atoms with Crippen molar-refractivity contribution in [2.24, 2.45) is 0 Å². The van der Waals surface area contributed by atoms with Crippen LogP contribution in [-0.4, -0.2) is 30.4 Å². The van der Waals surface area contributed by atoms with Crippen LogP contribution in [0.4, 0.5) is 15.8 Å². The number of halogens is 1. The van der Waals surface area contributed by atoms with Gasteiger partial charge in [-0.3, -0.25) is 4.79 Å². The van der Waals surface area contributed by atoms with Crippen LogP contribution in [-0.2, 0) is 4.79 Å². The predicted octanol–water partition coefficient (Wildman–Crippen LogP) is 2.86. The molecule has 0 saturated heterocycles. The molecule has 0 radical (unpaired) electrons. The van der Waals surface area contributed by atoms with Crippen LogP contribution in [0.1, 0.15) is 33.1 Å². The second-order valence-electron chi connectivity index (χ2n) is 5.16. The molecule has 20 heavy (non-hydrogen) atoms. The number of rotatable bonds is 7. The average Bonchev–Trinajstić information content (AvgIpc) is 2.40. The molecular formula is C15H24FN3O. The number of hydrogen-bond donors (Lipinski definition) is 2. The van der Waals surface area contributed by atoms with Crippen molar-refractivity contribution >= 4 is 17.3 Å². The highest BCUT2D eigenvalue weighted by atomic mass is 19.1. The van der Waals surface area contributed by atoms with Gasteiger partial charge in [-0.25, -0.2) is 4.39 Å². The summed E-state index contributed by atoms with van der Waals surface area (Å²) in [5, 5.41) is 2.56. The summed E-state index contributed by atoms with van der Waals surface area (Å²) in [4.78, 5) is 14.0. The molecule has 0 aliphatic rings. The summed E-state index contributed by atoms with van der Waals surface area (Å²) in [6.45, 7) is 4.93. The molecule has 1 aromatic rings. The van der Waals surface area contributed by atoms with E-state index in [1.807, 2.05) is 7.05 Å². The third kappa shape index (κ3) is 5.17. The van der Waals surface area contributed by atoms with Crippen LogP contribution >= 0.6 is 0 Å². The van der Waals surface area contributed by atoms with Crippen LogP contribution in [0, 0.1) is 5.82 Å². The number of nitrogens with one attached hydrogen (secondary N) is 1. The van der Waals surface area contributed by atoms with E-state index in [0.717, 1.165) is 12.8 Å². The summed E-state index contributed by atoms with van der Waals surface area (Å²) in [7, 11) is 1.99. The Kier molecular flexibility index (Phi) is 6.45. The minimum Gasteiger partial charge on any atom is -0.399 e. The van der Waals surface area contributed by atoms with E-state index in [2.05, 4.69) is 24.1 Å². The van der Waals surface area contributed by atoms with E-state index in [4.69, 9.17) is 5.73 Å². The van der Waals surface area contributed by atoms with Gasteiger partial charge in [-0.2, -0.15) is 0 Å². The molecule has 0 aliphatic carbocycles. The van der Waals surface area contributed by atoms with E-state index in [1.54, 1.807) is 0 Å². The molecule has 0 fully saturated rings. The molecular weight excluding hydrogens is 257 g/mol. The van der Waals surface area contributed by atoms with E-state index in [0.29, 0.717) is 24.7 Å². The number of carbonyl (C=O) groups excluding carboxylic acids is 1. The number of nitrogens with zero attached hydrogens (tertiary/aromatic N) is 1. The third-order valence-electron chi connectivity index (χ3n) is 3.41. The molecule has 0 spiro atoms. The smallest absolute Gasteiger partial charge is 0.225 e. The Labute approximate surface area is 120 Å². The molecule has 4 nitrogen and oxygen atoms in total. The Bertz CT molecular complexity index is 451. The molecule has 0 aromatic heterocycles. The van der Waals surface area contributed by atoms with Gasteiger partial charge in [0.05, 0.1) is 5.69 Å². The highest BCUT2D eigenvalue weighted by Gasteiger charge is 2.11. The van der Waals surface area contributed by atoms with E-state index in [1.165, 1.54) is 18.2 Å². The topological polar surface area (TPSA) is 58.4 Å². The van der Waals surface area contributed by atoms with E-state index < -0.39 is 5.82 Å². The molecule has 0 bridgehead atoms. The fourth-order valence-electron chi connectivity index (χ4n) is 1.99. The average molecular weight is 281 g/mol. The maximum atomic E-state index is 13.5. The SMILES string of the molecule is CCCC(C)N(C)CCC(=O)Nc1cc(N)ccc1F. The molecule has 1 amide bonds. The molecule has 112 valence electrons. The molecule has 3 N–H and O–H groups in total. The van der Waals surface area contributed by atoms with Crippen LogP contribution in [0.15, 0.2) is 18.2 Å². The highest BCUT2D eigenvalue weighted by molar-refractivity contribution is 5.91. The van der Waals surface area contributed by atoms with Crippen molar-refractivity contribution in [2.45, 2.75) is 39.2 Å². The fraction of sp³-hybridized carbons (Fsp3) is 0.533. The molecule has 1 aromatic carbocycles. The first-order chi connectivity index (χ1) is 9.43. The number of carbonyl (C=O) groups is 1. The highest BCUT2D eigenvalue weighted by Crippen LogP contribution is 2.17. The van der Waals surface area contributed by atoms with Gasteiger partial charge in [-0.05, 0) is 38.6 Å². The first-order valence-electron chi connectivity index (χ1n) is 6.99. The van der Waals surface area contributed by atoms with Crippen molar-refractivity contribution in [3.63, 3.8) is 0 Å². The minimum absolute atomic E-state index is 0.138. The minimum atomic E-state index is -0.472. The Balaban J connectivity index is 2.46. The molecule has 1 rings (SSSR count). The van der Waals surface area contributed by atoms with Crippen LogP contribution < -0.4 is 11.1 Å². The van der Waals surface area contributed by atoms with Gasteiger partial charge in [0.15, 0.2) is 0 Å². The summed E-state index contributed by atoms with van der Waals surface area (Å²) >= 11 is 0. The number of hydrogen-bond acceptors (Lipinski definition) is 3. The largest absolute Gasteiger partial charge is 0.399 e. The Hall–Kier alpha value is -1.62. The van der Waals surface area contributed by atoms with Gasteiger partial charge in [0.2, 0.25) is 5.91 Å². The van der Waals surface area contributed by atoms with Crippen LogP contribution in [0.2, 0.25) is 0 Å². The van der Waals surface area contributed by atoms with Crippen LogP contribution in [0.25, 0.3) is 0 Å². The van der Waals surface area contributed by atoms with Crippen molar-refractivity contribution in [1.82, 2.24) is 4.90 Å². The first-order valence-corrected chi connectivity index (χ1v) is 6.99. The van der Waals surface area contributed by atoms with Gasteiger partial charge in [-0.1, -0.05) is 13.3 Å². The number of nitrogen functional groups attached to an aromatic ring is 1. The summed E-state index contributed by atoms with van der Waals surface area (Å²) in [6, 6.07) is 4.58. The van der Waals surface area contributed by atoms with Gasteiger partial charge in [-0.15, -0.1) is 0 Å². The number of benzene rings is 1. The normalized spacial score (nSPS) is 12.4. The monoisotopic (exact) mass is 281 g/mol. The van der Waals surface area contributed by atoms with E-state index >= 15 is 0 Å². The summed E-state index contributed by atoms with van der Waals surface area (Å²) in [6.07, 6.45) is 2.55. The van der Waals surface area contributed by atoms with Gasteiger partial charge in [0.25, 0.3) is 0 Å². The molecule has 5 heteroatoms. The second-order valence-corrected chi connectivity index (χ2v) is 5.16. The zero-order chi connectivity index (χ0) is 15.1. The molecule has 1 unspecified atom stereocenters. The number of nitrogens with two attached hydrogens (primary N) is 1. The lowest BCUT2D eigenvalue weighted by molar-refractivity contribution is -0.116. The lowest BCUT2D eigenvalue weighted by Crippen LogP contribution is -2.32. The summed E-state index contributed by atoms with van der Waals surface area (Å²) in [5.41, 5.74) is 6.14. The Morgan fingerprint density at radius 3 is 2.85 bits per heavy atom. The van der Waals surface area contributed by atoms with E-state index in [-0.39, 0.29) is 11.6 Å². The lowest BCUT2D eigenvalue weighted by Gasteiger charge is -2.23. The van der Waals surface area contributed by atoms with Gasteiger partial charge < -0.3 is 16.0 Å². The zero-order valence-corrected chi connectivity index (χ0v) is 12.4. The van der Waals surface area contributed by atoms with Gasteiger partial charge >= 0.3 is 0 Å². The number of amides is 1. The second kappa shape index (κ2) is 7.85. The Morgan fingerprint density at radius 1 is 1.50 bits per heavy atom. The summed E-state index contributed by atoms with van der Waals surface area (Å²) < 4.78 is 13.5. The van der Waals surface area contributed by atoms with Gasteiger partial charge in [0.1, 0.15) is 5.82 Å². The molecule has 0 saturated carbocycles. The van der Waals surface area contributed by atoms with Crippen LogP contribution in [0.5, 0.6) is 0 Å². The third-order valence-corrected chi connectivity index (χ3v) is 3.41. The van der Waals surface area contributed by atoms with Gasteiger partial charge in [0, 0.05) is 24.7 Å². The van der Waals surface area contributed by atoms with E-state index in [9.17, 15) is 9.18 Å². The fourth-order valence-corrected chi connectivity index (χ4v) is 1.99. The van der Waals surface area contributed by atoms with Crippen molar-refractivity contribution < 1.29 is 9.18 Å². The Morgan fingerprint density at radius 2 is 2.20 bits per heavy atom. The maximum absolute atomic E-state index is 13.5. The van der Waals surface area contributed by atoms with Crippen LogP contribution in [0.3, 0.4) is 0 Å². The standard InChI is InChI=1S/C15H24FN3O/c1-4-5-11(2)19(3)9-8-15(20)18-14-10-12(17)6-7-13(14)16/h6-7,10-11H,4-5,8-9,17H2,1-3H3,(H,18,20). The number of anilines is 2. The van der Waals surface area contributed by atoms with Crippen molar-refractivity contribution in [1.29, 1.82) is 0 Å². The quantitative estimate of drug-likeness (QED) is 0.756. The molecule has 1 atom stereocenters. The lowest BCUT2D eigenvalue weighted by atomic mass is 10.1. The summed E-state index contributed by atoms with van der Waals surface area (Å²) in [5.74, 6) is -0.676. The maximum Gasteiger partial charge on any atom is 0.225 e. The predicted molar refractivity (Wildman–Crippen MR) is 81.1 cm³/mol. The van der Waals surface area contributed by atoms with Crippen molar-refractivity contribution in [3.05, 3.63) is 24.0 Å². The van der Waals surface area contributed by atoms with Crippen molar-refractivity contribution in [2.75, 3.05) is 24.6 Å². The molecule has 0 aliphatic heterocycles. The first kappa shape index (κ1) is 16.4.